The van der Waals surface area contributed by atoms with E-state index in [0.717, 1.165) is 23.1 Å². The number of methoxy groups -OCH3 is 2. The standard InChI is InChI=1S/C14H22BrNO2/c1-14(2,18-4)9-11(16)7-10-5-6-13(17-3)12(15)8-10/h5-6,8,11H,7,9,16H2,1-4H3. The van der Waals surface area contributed by atoms with Gasteiger partial charge in [-0.15, -0.1) is 0 Å². The Kier molecular flexibility index (Phi) is 5.63. The minimum absolute atomic E-state index is 0.0836. The third kappa shape index (κ3) is 4.59. The van der Waals surface area contributed by atoms with Crippen molar-refractivity contribution in [3.63, 3.8) is 0 Å². The molecule has 0 aliphatic carbocycles. The van der Waals surface area contributed by atoms with Gasteiger partial charge in [0, 0.05) is 13.2 Å². The predicted octanol–water partition coefficient (Wildman–Crippen LogP) is 3.14. The molecule has 1 rings (SSSR count). The molecule has 3 nitrogen and oxygen atoms in total. The molecule has 0 fully saturated rings. The van der Waals surface area contributed by atoms with Gasteiger partial charge in [-0.3, -0.25) is 0 Å². The van der Waals surface area contributed by atoms with E-state index in [0.29, 0.717) is 0 Å². The SMILES string of the molecule is COc1ccc(CC(N)CC(C)(C)OC)cc1Br. The van der Waals surface area contributed by atoms with E-state index in [-0.39, 0.29) is 11.6 Å². The highest BCUT2D eigenvalue weighted by Gasteiger charge is 2.20. The number of nitrogens with two attached hydrogens (primary N) is 1. The Bertz CT molecular complexity index is 393. The zero-order chi connectivity index (χ0) is 13.8. The summed E-state index contributed by atoms with van der Waals surface area (Å²) in [6.45, 7) is 4.10. The van der Waals surface area contributed by atoms with E-state index in [4.69, 9.17) is 15.2 Å². The summed E-state index contributed by atoms with van der Waals surface area (Å²) in [5.74, 6) is 0.838. The normalized spacial score (nSPS) is 13.4. The fraction of sp³-hybridized carbons (Fsp3) is 0.571. The average Bonchev–Trinajstić information content (AvgIpc) is 2.28. The predicted molar refractivity (Wildman–Crippen MR) is 78.1 cm³/mol. The molecule has 2 N–H and O–H groups in total. The summed E-state index contributed by atoms with van der Waals surface area (Å²) in [4.78, 5) is 0. The quantitative estimate of drug-likeness (QED) is 0.877. The van der Waals surface area contributed by atoms with Gasteiger partial charge in [0.15, 0.2) is 0 Å². The molecule has 0 aliphatic rings. The molecule has 102 valence electrons. The average molecular weight is 316 g/mol. The molecule has 0 saturated heterocycles. The smallest absolute Gasteiger partial charge is 0.133 e. The molecule has 1 unspecified atom stereocenters. The van der Waals surface area contributed by atoms with Crippen LogP contribution in [0.4, 0.5) is 0 Å². The first-order valence-corrected chi connectivity index (χ1v) is 6.80. The molecule has 1 atom stereocenters. The van der Waals surface area contributed by atoms with Gasteiger partial charge in [-0.2, -0.15) is 0 Å². The van der Waals surface area contributed by atoms with Crippen LogP contribution in [0.1, 0.15) is 25.8 Å². The number of ether oxygens (including phenoxy) is 2. The van der Waals surface area contributed by atoms with Gasteiger partial charge in [0.25, 0.3) is 0 Å². The summed E-state index contributed by atoms with van der Waals surface area (Å²) in [6, 6.07) is 6.13. The van der Waals surface area contributed by atoms with Gasteiger partial charge in [0.05, 0.1) is 17.2 Å². The van der Waals surface area contributed by atoms with Crippen molar-refractivity contribution in [2.45, 2.75) is 38.3 Å². The minimum Gasteiger partial charge on any atom is -0.496 e. The first-order valence-electron chi connectivity index (χ1n) is 6.01. The lowest BCUT2D eigenvalue weighted by Gasteiger charge is -2.26. The molecule has 0 heterocycles. The first-order chi connectivity index (χ1) is 8.38. The zero-order valence-electron chi connectivity index (χ0n) is 11.5. The van der Waals surface area contributed by atoms with E-state index in [9.17, 15) is 0 Å². The maximum Gasteiger partial charge on any atom is 0.133 e. The Morgan fingerprint density at radius 3 is 2.50 bits per heavy atom. The van der Waals surface area contributed by atoms with Gasteiger partial charge in [0.1, 0.15) is 5.75 Å². The highest BCUT2D eigenvalue weighted by molar-refractivity contribution is 9.10. The maximum absolute atomic E-state index is 6.16. The monoisotopic (exact) mass is 315 g/mol. The van der Waals surface area contributed by atoms with Crippen LogP contribution in [0.3, 0.4) is 0 Å². The van der Waals surface area contributed by atoms with E-state index in [2.05, 4.69) is 35.8 Å². The summed E-state index contributed by atoms with van der Waals surface area (Å²) < 4.78 is 11.6. The van der Waals surface area contributed by atoms with Crippen LogP contribution in [0.15, 0.2) is 22.7 Å². The van der Waals surface area contributed by atoms with Crippen molar-refractivity contribution < 1.29 is 9.47 Å². The molecule has 0 radical (unpaired) electrons. The fourth-order valence-corrected chi connectivity index (χ4v) is 2.51. The lowest BCUT2D eigenvalue weighted by molar-refractivity contribution is 0.0102. The van der Waals surface area contributed by atoms with Gasteiger partial charge in [-0.1, -0.05) is 6.07 Å². The van der Waals surface area contributed by atoms with Crippen LogP contribution in [0, 0.1) is 0 Å². The Balaban J connectivity index is 2.65. The largest absolute Gasteiger partial charge is 0.496 e. The van der Waals surface area contributed by atoms with Crippen molar-refractivity contribution in [3.8, 4) is 5.75 Å². The highest BCUT2D eigenvalue weighted by atomic mass is 79.9. The van der Waals surface area contributed by atoms with Crippen LogP contribution in [0.2, 0.25) is 0 Å². The molecule has 0 bridgehead atoms. The Labute approximate surface area is 118 Å². The molecule has 1 aromatic rings. The van der Waals surface area contributed by atoms with Crippen LogP contribution in [0.5, 0.6) is 5.75 Å². The number of hydrogen-bond donors (Lipinski definition) is 1. The van der Waals surface area contributed by atoms with Gasteiger partial charge >= 0.3 is 0 Å². The van der Waals surface area contributed by atoms with Crippen LogP contribution in [0.25, 0.3) is 0 Å². The van der Waals surface area contributed by atoms with Gasteiger partial charge in [0.2, 0.25) is 0 Å². The van der Waals surface area contributed by atoms with Crippen molar-refractivity contribution in [1.29, 1.82) is 0 Å². The van der Waals surface area contributed by atoms with Crippen molar-refractivity contribution in [2.75, 3.05) is 14.2 Å². The first kappa shape index (κ1) is 15.5. The van der Waals surface area contributed by atoms with E-state index in [1.807, 2.05) is 12.1 Å². The topological polar surface area (TPSA) is 44.5 Å². The van der Waals surface area contributed by atoms with Crippen molar-refractivity contribution >= 4 is 15.9 Å². The van der Waals surface area contributed by atoms with E-state index < -0.39 is 0 Å². The Morgan fingerprint density at radius 2 is 2.00 bits per heavy atom. The summed E-state index contributed by atoms with van der Waals surface area (Å²) in [5.41, 5.74) is 7.18. The molecule has 4 heteroatoms. The Hall–Kier alpha value is -0.580. The number of benzene rings is 1. The number of hydrogen-bond acceptors (Lipinski definition) is 3. The zero-order valence-corrected chi connectivity index (χ0v) is 13.1. The summed E-state index contributed by atoms with van der Waals surface area (Å²) in [7, 11) is 3.38. The van der Waals surface area contributed by atoms with Crippen molar-refractivity contribution in [3.05, 3.63) is 28.2 Å². The van der Waals surface area contributed by atoms with Gasteiger partial charge in [-0.25, -0.2) is 0 Å². The maximum atomic E-state index is 6.16. The van der Waals surface area contributed by atoms with Crippen LogP contribution in [-0.2, 0) is 11.2 Å². The molecule has 0 aliphatic heterocycles. The second-order valence-electron chi connectivity index (χ2n) is 5.10. The third-order valence-corrected chi connectivity index (χ3v) is 3.64. The van der Waals surface area contributed by atoms with E-state index >= 15 is 0 Å². The molecule has 0 amide bonds. The van der Waals surface area contributed by atoms with Crippen molar-refractivity contribution in [2.24, 2.45) is 5.73 Å². The summed E-state index contributed by atoms with van der Waals surface area (Å²) in [5, 5.41) is 0. The van der Waals surface area contributed by atoms with Crippen molar-refractivity contribution in [1.82, 2.24) is 0 Å². The highest BCUT2D eigenvalue weighted by Crippen LogP contribution is 2.26. The van der Waals surface area contributed by atoms with Crippen LogP contribution < -0.4 is 10.5 Å². The molecule has 0 saturated carbocycles. The lowest BCUT2D eigenvalue weighted by Crippen LogP contribution is -2.35. The summed E-state index contributed by atoms with van der Waals surface area (Å²) >= 11 is 3.48. The molecule has 0 aromatic heterocycles. The second kappa shape index (κ2) is 6.55. The van der Waals surface area contributed by atoms with E-state index in [1.54, 1.807) is 14.2 Å². The lowest BCUT2D eigenvalue weighted by atomic mass is 9.95. The molecule has 1 aromatic carbocycles. The van der Waals surface area contributed by atoms with Gasteiger partial charge in [-0.05, 0) is 60.3 Å². The molecule has 18 heavy (non-hydrogen) atoms. The minimum atomic E-state index is -0.177. The molecular formula is C14H22BrNO2. The van der Waals surface area contributed by atoms with Gasteiger partial charge < -0.3 is 15.2 Å². The third-order valence-electron chi connectivity index (χ3n) is 3.02. The van der Waals surface area contributed by atoms with Crippen LogP contribution >= 0.6 is 15.9 Å². The van der Waals surface area contributed by atoms with Crippen LogP contribution in [-0.4, -0.2) is 25.9 Å². The Morgan fingerprint density at radius 1 is 1.33 bits per heavy atom. The fourth-order valence-electron chi connectivity index (χ4n) is 1.93. The molecular weight excluding hydrogens is 294 g/mol. The number of halogens is 1. The molecule has 0 spiro atoms. The van der Waals surface area contributed by atoms with E-state index in [1.165, 1.54) is 5.56 Å². The number of rotatable bonds is 6. The summed E-state index contributed by atoms with van der Waals surface area (Å²) in [6.07, 6.45) is 1.66. The second-order valence-corrected chi connectivity index (χ2v) is 5.96.